The molecule has 0 amide bonds. The van der Waals surface area contributed by atoms with Crippen LogP contribution in [0.1, 0.15) is 5.56 Å². The molecule has 0 bridgehead atoms. The minimum atomic E-state index is -4.51. The van der Waals surface area contributed by atoms with Crippen molar-refractivity contribution in [1.82, 2.24) is 0 Å². The van der Waals surface area contributed by atoms with Crippen molar-refractivity contribution in [2.75, 3.05) is 10.6 Å². The molecule has 0 saturated heterocycles. The van der Waals surface area contributed by atoms with Gasteiger partial charge >= 0.3 is 6.18 Å². The predicted molar refractivity (Wildman–Crippen MR) is 110 cm³/mol. The van der Waals surface area contributed by atoms with Gasteiger partial charge in [0.1, 0.15) is 0 Å². The molecule has 29 heavy (non-hydrogen) atoms. The molecule has 0 spiro atoms. The molecule has 0 heterocycles. The Kier molecular flexibility index (Phi) is 5.79. The number of rotatable bonds is 4. The number of hydrogen-bond acceptors (Lipinski definition) is 3. The van der Waals surface area contributed by atoms with Crippen LogP contribution in [-0.4, -0.2) is 10.0 Å². The fraction of sp³-hybridized carbons (Fsp3) is 0.0500. The second-order valence-corrected chi connectivity index (χ2v) is 6.38. The number of halogens is 3. The van der Waals surface area contributed by atoms with Crippen LogP contribution in [0.5, 0.6) is 0 Å². The number of nitrogens with zero attached hydrogens (tertiary/aromatic N) is 1. The van der Waals surface area contributed by atoms with Gasteiger partial charge < -0.3 is 10.6 Å². The van der Waals surface area contributed by atoms with E-state index in [4.69, 9.17) is 12.2 Å². The molecule has 0 atom stereocenters. The monoisotopic (exact) mass is 417 g/mol. The van der Waals surface area contributed by atoms with Crippen molar-refractivity contribution in [2.24, 2.45) is 0 Å². The summed E-state index contributed by atoms with van der Waals surface area (Å²) in [5.41, 5.74) is 0.612. The maximum absolute atomic E-state index is 13.1. The number of thiocarbonyl (C=S) groups is 1. The highest BCUT2D eigenvalue weighted by atomic mass is 32.1. The largest absolute Gasteiger partial charge is 0.418 e. The van der Waals surface area contributed by atoms with Crippen molar-refractivity contribution in [3.63, 3.8) is 0 Å². The van der Waals surface area contributed by atoms with E-state index in [2.05, 4.69) is 10.6 Å². The highest BCUT2D eigenvalue weighted by Crippen LogP contribution is 2.34. The number of nitrogens with one attached hydrogen (secondary N) is 2. The standard InChI is InChI=1S/C20H14F3N3O2S/c21-20(22,23)16-6-2-3-7-17(16)25-19(29)24-14-11-9-13(10-12-14)15-5-1-4-8-18(15)26(27)28/h1-12H,(H2,24,25,29). The fourth-order valence-electron chi connectivity index (χ4n) is 2.73. The Morgan fingerprint density at radius 3 is 2.17 bits per heavy atom. The topological polar surface area (TPSA) is 67.2 Å². The quantitative estimate of drug-likeness (QED) is 0.305. The molecule has 0 aliphatic carbocycles. The molecule has 0 fully saturated rings. The summed E-state index contributed by atoms with van der Waals surface area (Å²) in [6.07, 6.45) is -4.51. The number of nitro benzene ring substituents is 1. The van der Waals surface area contributed by atoms with Gasteiger partial charge in [0.2, 0.25) is 0 Å². The maximum Gasteiger partial charge on any atom is 0.418 e. The van der Waals surface area contributed by atoms with Gasteiger partial charge in [-0.15, -0.1) is 0 Å². The van der Waals surface area contributed by atoms with Gasteiger partial charge in [0.25, 0.3) is 5.69 Å². The molecule has 3 rings (SSSR count). The molecular weight excluding hydrogens is 403 g/mol. The molecule has 3 aromatic carbocycles. The van der Waals surface area contributed by atoms with Crippen LogP contribution < -0.4 is 10.6 Å². The second kappa shape index (κ2) is 8.27. The molecule has 0 saturated carbocycles. The molecule has 9 heteroatoms. The van der Waals surface area contributed by atoms with Crippen molar-refractivity contribution < 1.29 is 18.1 Å². The smallest absolute Gasteiger partial charge is 0.332 e. The van der Waals surface area contributed by atoms with E-state index >= 15 is 0 Å². The molecule has 0 aromatic heterocycles. The molecule has 0 aliphatic heterocycles. The third kappa shape index (κ3) is 4.88. The SMILES string of the molecule is O=[N+]([O-])c1ccccc1-c1ccc(NC(=S)Nc2ccccc2C(F)(F)F)cc1. The van der Waals surface area contributed by atoms with Crippen LogP contribution >= 0.6 is 12.2 Å². The summed E-state index contributed by atoms with van der Waals surface area (Å²) < 4.78 is 39.2. The fourth-order valence-corrected chi connectivity index (χ4v) is 2.96. The first kappa shape index (κ1) is 20.3. The van der Waals surface area contributed by atoms with Crippen LogP contribution in [0.4, 0.5) is 30.2 Å². The zero-order chi connectivity index (χ0) is 21.0. The lowest BCUT2D eigenvalue weighted by molar-refractivity contribution is -0.384. The van der Waals surface area contributed by atoms with E-state index < -0.39 is 16.7 Å². The van der Waals surface area contributed by atoms with Crippen LogP contribution in [0.2, 0.25) is 0 Å². The van der Waals surface area contributed by atoms with Crippen LogP contribution in [0.3, 0.4) is 0 Å². The zero-order valence-electron chi connectivity index (χ0n) is 14.7. The van der Waals surface area contributed by atoms with E-state index in [0.717, 1.165) is 6.07 Å². The lowest BCUT2D eigenvalue weighted by Crippen LogP contribution is -2.21. The van der Waals surface area contributed by atoms with Gasteiger partial charge in [-0.25, -0.2) is 0 Å². The Labute approximate surface area is 169 Å². The third-order valence-corrected chi connectivity index (χ3v) is 4.24. The number of para-hydroxylation sites is 2. The summed E-state index contributed by atoms with van der Waals surface area (Å²) in [5, 5.41) is 16.5. The predicted octanol–water partition coefficient (Wildman–Crippen LogP) is 6.09. The number of anilines is 2. The molecule has 0 radical (unpaired) electrons. The van der Waals surface area contributed by atoms with Gasteiger partial charge in [0, 0.05) is 11.8 Å². The van der Waals surface area contributed by atoms with Crippen LogP contribution in [0.15, 0.2) is 72.8 Å². The van der Waals surface area contributed by atoms with Crippen molar-refractivity contribution in [3.05, 3.63) is 88.5 Å². The number of hydrogen-bond donors (Lipinski definition) is 2. The average Bonchev–Trinajstić information content (AvgIpc) is 2.68. The van der Waals surface area contributed by atoms with E-state index in [0.29, 0.717) is 16.8 Å². The van der Waals surface area contributed by atoms with Crippen molar-refractivity contribution in [3.8, 4) is 11.1 Å². The minimum absolute atomic E-state index is 0.0138. The summed E-state index contributed by atoms with van der Waals surface area (Å²) in [6.45, 7) is 0. The first-order valence-corrected chi connectivity index (χ1v) is 8.74. The van der Waals surface area contributed by atoms with Crippen LogP contribution in [0.25, 0.3) is 11.1 Å². The summed E-state index contributed by atoms with van der Waals surface area (Å²) >= 11 is 5.10. The number of alkyl halides is 3. The lowest BCUT2D eigenvalue weighted by atomic mass is 10.0. The number of benzene rings is 3. The average molecular weight is 417 g/mol. The Morgan fingerprint density at radius 2 is 1.52 bits per heavy atom. The van der Waals surface area contributed by atoms with Gasteiger partial charge in [0.15, 0.2) is 5.11 Å². The third-order valence-electron chi connectivity index (χ3n) is 4.04. The summed E-state index contributed by atoms with van der Waals surface area (Å²) in [6, 6.07) is 18.0. The molecule has 0 unspecified atom stereocenters. The molecule has 148 valence electrons. The second-order valence-electron chi connectivity index (χ2n) is 5.97. The summed E-state index contributed by atoms with van der Waals surface area (Å²) in [4.78, 5) is 10.7. The van der Waals surface area contributed by atoms with Crippen LogP contribution in [0, 0.1) is 10.1 Å². The summed E-state index contributed by atoms with van der Waals surface area (Å²) in [5.74, 6) is 0. The molecule has 0 aliphatic rings. The first-order valence-electron chi connectivity index (χ1n) is 8.34. The Morgan fingerprint density at radius 1 is 0.897 bits per heavy atom. The zero-order valence-corrected chi connectivity index (χ0v) is 15.6. The Balaban J connectivity index is 1.75. The normalized spacial score (nSPS) is 11.0. The van der Waals surface area contributed by atoms with Gasteiger partial charge in [0.05, 0.1) is 21.7 Å². The van der Waals surface area contributed by atoms with E-state index in [1.54, 1.807) is 42.5 Å². The minimum Gasteiger partial charge on any atom is -0.332 e. The molecular formula is C20H14F3N3O2S. The van der Waals surface area contributed by atoms with Crippen molar-refractivity contribution in [1.29, 1.82) is 0 Å². The highest BCUT2D eigenvalue weighted by Gasteiger charge is 2.33. The van der Waals surface area contributed by atoms with E-state index in [9.17, 15) is 23.3 Å². The van der Waals surface area contributed by atoms with E-state index in [1.165, 1.54) is 24.3 Å². The molecule has 3 aromatic rings. The van der Waals surface area contributed by atoms with E-state index in [1.807, 2.05) is 0 Å². The Hall–Kier alpha value is -3.46. The molecule has 5 nitrogen and oxygen atoms in total. The number of nitro groups is 1. The van der Waals surface area contributed by atoms with Gasteiger partial charge in [-0.1, -0.05) is 36.4 Å². The van der Waals surface area contributed by atoms with Crippen molar-refractivity contribution >= 4 is 34.4 Å². The van der Waals surface area contributed by atoms with Crippen molar-refractivity contribution in [2.45, 2.75) is 6.18 Å². The van der Waals surface area contributed by atoms with Gasteiger partial charge in [-0.2, -0.15) is 13.2 Å². The van der Waals surface area contributed by atoms with Gasteiger partial charge in [-0.05, 0) is 48.1 Å². The maximum atomic E-state index is 13.1. The highest BCUT2D eigenvalue weighted by molar-refractivity contribution is 7.80. The lowest BCUT2D eigenvalue weighted by Gasteiger charge is -2.16. The molecule has 2 N–H and O–H groups in total. The first-order chi connectivity index (χ1) is 13.8. The van der Waals surface area contributed by atoms with Crippen LogP contribution in [-0.2, 0) is 6.18 Å². The Bertz CT molecular complexity index is 1050. The van der Waals surface area contributed by atoms with Gasteiger partial charge in [-0.3, -0.25) is 10.1 Å². The van der Waals surface area contributed by atoms with E-state index in [-0.39, 0.29) is 16.5 Å². The summed E-state index contributed by atoms with van der Waals surface area (Å²) in [7, 11) is 0.